The zero-order valence-electron chi connectivity index (χ0n) is 13.7. The second-order valence-corrected chi connectivity index (χ2v) is 6.62. The normalized spacial score (nSPS) is 24.6. The predicted molar refractivity (Wildman–Crippen MR) is 91.5 cm³/mol. The van der Waals surface area contributed by atoms with Gasteiger partial charge in [-0.05, 0) is 17.2 Å². The van der Waals surface area contributed by atoms with Gasteiger partial charge in [0.05, 0.1) is 5.92 Å². The average Bonchev–Trinajstić information content (AvgIpc) is 3.26. The van der Waals surface area contributed by atoms with E-state index in [2.05, 4.69) is 0 Å². The Morgan fingerprint density at radius 3 is 2.44 bits per heavy atom. The van der Waals surface area contributed by atoms with Gasteiger partial charge in [0.15, 0.2) is 6.10 Å². The Hall–Kier alpha value is -2.82. The lowest BCUT2D eigenvalue weighted by atomic mass is 9.89. The molecule has 0 aliphatic carbocycles. The number of rotatable bonds is 3. The van der Waals surface area contributed by atoms with Gasteiger partial charge < -0.3 is 14.7 Å². The summed E-state index contributed by atoms with van der Waals surface area (Å²) in [5.74, 6) is -1.02. The van der Waals surface area contributed by atoms with Crippen LogP contribution >= 0.6 is 0 Å². The first-order valence-corrected chi connectivity index (χ1v) is 8.44. The summed E-state index contributed by atoms with van der Waals surface area (Å²) in [4.78, 5) is 26.2. The van der Waals surface area contributed by atoms with Gasteiger partial charge in [0.25, 0.3) is 5.91 Å². The number of benzene rings is 2. The number of ether oxygens (including phenoxy) is 1. The summed E-state index contributed by atoms with van der Waals surface area (Å²) in [5.41, 5.74) is 1.98. The molecule has 5 nitrogen and oxygen atoms in total. The van der Waals surface area contributed by atoms with E-state index in [1.807, 2.05) is 54.6 Å². The van der Waals surface area contributed by atoms with Gasteiger partial charge in [0, 0.05) is 25.4 Å². The molecule has 1 saturated heterocycles. The van der Waals surface area contributed by atoms with E-state index in [-0.39, 0.29) is 18.4 Å². The first-order chi connectivity index (χ1) is 12.1. The highest BCUT2D eigenvalue weighted by Crippen LogP contribution is 2.35. The number of carboxylic acid groups (broad SMARTS) is 1. The number of carboxylic acids is 1. The number of carbonyl (C=O) groups is 2. The minimum atomic E-state index is -0.861. The van der Waals surface area contributed by atoms with Gasteiger partial charge in [0.1, 0.15) is 5.75 Å². The molecule has 3 atom stereocenters. The average molecular weight is 337 g/mol. The third kappa shape index (κ3) is 2.86. The van der Waals surface area contributed by atoms with Crippen molar-refractivity contribution in [2.45, 2.75) is 18.4 Å². The van der Waals surface area contributed by atoms with E-state index < -0.39 is 18.0 Å². The molecule has 25 heavy (non-hydrogen) atoms. The monoisotopic (exact) mass is 337 g/mol. The van der Waals surface area contributed by atoms with Crippen molar-refractivity contribution >= 4 is 11.9 Å². The van der Waals surface area contributed by atoms with Crippen LogP contribution in [0.2, 0.25) is 0 Å². The Bertz CT molecular complexity index is 779. The lowest BCUT2D eigenvalue weighted by Gasteiger charge is -2.20. The lowest BCUT2D eigenvalue weighted by molar-refractivity contribution is -0.142. The predicted octanol–water partition coefficient (Wildman–Crippen LogP) is 2.32. The van der Waals surface area contributed by atoms with E-state index in [1.54, 1.807) is 4.90 Å². The molecule has 128 valence electrons. The van der Waals surface area contributed by atoms with E-state index in [0.717, 1.165) is 16.9 Å². The summed E-state index contributed by atoms with van der Waals surface area (Å²) < 4.78 is 5.78. The summed E-state index contributed by atoms with van der Waals surface area (Å²) in [6.07, 6.45) is -0.0134. The molecule has 0 radical (unpaired) electrons. The number of fused-ring (bicyclic) bond motifs is 1. The van der Waals surface area contributed by atoms with Crippen LogP contribution in [-0.4, -0.2) is 41.1 Å². The number of likely N-dealkylation sites (tertiary alicyclic amines) is 1. The van der Waals surface area contributed by atoms with Crippen LogP contribution in [0.25, 0.3) is 0 Å². The molecular weight excluding hydrogens is 318 g/mol. The highest BCUT2D eigenvalue weighted by atomic mass is 16.5. The van der Waals surface area contributed by atoms with Crippen LogP contribution in [0.4, 0.5) is 0 Å². The number of hydrogen-bond acceptors (Lipinski definition) is 3. The minimum Gasteiger partial charge on any atom is -0.481 e. The van der Waals surface area contributed by atoms with Crippen molar-refractivity contribution in [1.82, 2.24) is 4.90 Å². The van der Waals surface area contributed by atoms with Crippen LogP contribution in [0.3, 0.4) is 0 Å². The molecule has 1 amide bonds. The summed E-state index contributed by atoms with van der Waals surface area (Å²) in [5, 5.41) is 9.58. The molecule has 0 bridgehead atoms. The van der Waals surface area contributed by atoms with Crippen molar-refractivity contribution in [3.63, 3.8) is 0 Å². The number of amides is 1. The Morgan fingerprint density at radius 2 is 1.72 bits per heavy atom. The van der Waals surface area contributed by atoms with Gasteiger partial charge in [-0.2, -0.15) is 0 Å². The zero-order valence-corrected chi connectivity index (χ0v) is 13.7. The molecule has 4 rings (SSSR count). The molecule has 5 heteroatoms. The van der Waals surface area contributed by atoms with E-state index in [9.17, 15) is 14.7 Å². The van der Waals surface area contributed by atoms with E-state index in [1.165, 1.54) is 0 Å². The molecule has 0 aromatic heterocycles. The van der Waals surface area contributed by atoms with Crippen LogP contribution in [-0.2, 0) is 16.0 Å². The standard InChI is InChI=1S/C20H19NO4/c22-19(18-10-14-8-4-5-9-17(14)25-18)21-11-15(16(12-21)20(23)24)13-6-2-1-3-7-13/h1-9,15-16,18H,10-12H2,(H,23,24)/t15-,16-,18-/m1/s1. The van der Waals surface area contributed by atoms with Crippen LogP contribution in [0.5, 0.6) is 5.75 Å². The second kappa shape index (κ2) is 6.24. The third-order valence-electron chi connectivity index (χ3n) is 5.10. The Kier molecular flexibility index (Phi) is 3.92. The molecule has 2 aromatic rings. The van der Waals surface area contributed by atoms with Crippen molar-refractivity contribution in [2.75, 3.05) is 13.1 Å². The first-order valence-electron chi connectivity index (χ1n) is 8.44. The fourth-order valence-corrected chi connectivity index (χ4v) is 3.80. The van der Waals surface area contributed by atoms with E-state index in [4.69, 9.17) is 4.74 Å². The van der Waals surface area contributed by atoms with E-state index in [0.29, 0.717) is 13.0 Å². The lowest BCUT2D eigenvalue weighted by Crippen LogP contribution is -2.40. The largest absolute Gasteiger partial charge is 0.481 e. The number of aliphatic carboxylic acids is 1. The molecule has 2 aliphatic heterocycles. The molecule has 1 N–H and O–H groups in total. The van der Waals surface area contributed by atoms with Gasteiger partial charge in [-0.1, -0.05) is 48.5 Å². The highest BCUT2D eigenvalue weighted by Gasteiger charge is 2.43. The van der Waals surface area contributed by atoms with Crippen LogP contribution < -0.4 is 4.74 Å². The third-order valence-corrected chi connectivity index (χ3v) is 5.10. The van der Waals surface area contributed by atoms with E-state index >= 15 is 0 Å². The SMILES string of the molecule is O=C(O)[C@@H]1CN(C(=O)[C@H]2Cc3ccccc3O2)C[C@@H]1c1ccccc1. The maximum absolute atomic E-state index is 12.9. The van der Waals surface area contributed by atoms with Gasteiger partial charge in [-0.3, -0.25) is 9.59 Å². The Labute approximate surface area is 145 Å². The number of carbonyl (C=O) groups excluding carboxylic acids is 1. The number of hydrogen-bond donors (Lipinski definition) is 1. The zero-order chi connectivity index (χ0) is 17.4. The van der Waals surface area contributed by atoms with Gasteiger partial charge in [-0.15, -0.1) is 0 Å². The second-order valence-electron chi connectivity index (χ2n) is 6.62. The molecule has 2 aliphatic rings. The summed E-state index contributed by atoms with van der Waals surface area (Å²) in [6, 6.07) is 17.2. The fourth-order valence-electron chi connectivity index (χ4n) is 3.80. The Balaban J connectivity index is 1.52. The summed E-state index contributed by atoms with van der Waals surface area (Å²) >= 11 is 0. The van der Waals surface area contributed by atoms with Crippen molar-refractivity contribution in [2.24, 2.45) is 5.92 Å². The summed E-state index contributed by atoms with van der Waals surface area (Å²) in [6.45, 7) is 0.639. The molecule has 0 unspecified atom stereocenters. The fraction of sp³-hybridized carbons (Fsp3) is 0.300. The summed E-state index contributed by atoms with van der Waals surface area (Å²) in [7, 11) is 0. The smallest absolute Gasteiger partial charge is 0.308 e. The van der Waals surface area contributed by atoms with Crippen LogP contribution in [0.15, 0.2) is 54.6 Å². The number of nitrogens with zero attached hydrogens (tertiary/aromatic N) is 1. The number of para-hydroxylation sites is 1. The quantitative estimate of drug-likeness (QED) is 0.933. The minimum absolute atomic E-state index is 0.124. The maximum Gasteiger partial charge on any atom is 0.308 e. The maximum atomic E-state index is 12.9. The molecule has 2 heterocycles. The topological polar surface area (TPSA) is 66.8 Å². The van der Waals surface area contributed by atoms with Gasteiger partial charge in [0.2, 0.25) is 0 Å². The molecular formula is C20H19NO4. The molecule has 2 aromatic carbocycles. The van der Waals surface area contributed by atoms with Gasteiger partial charge in [-0.25, -0.2) is 0 Å². The van der Waals surface area contributed by atoms with Crippen LogP contribution in [0.1, 0.15) is 17.0 Å². The highest BCUT2D eigenvalue weighted by molar-refractivity contribution is 5.84. The van der Waals surface area contributed by atoms with Crippen molar-refractivity contribution in [3.8, 4) is 5.75 Å². The van der Waals surface area contributed by atoms with Crippen molar-refractivity contribution in [3.05, 3.63) is 65.7 Å². The molecule has 1 fully saturated rings. The Morgan fingerprint density at radius 1 is 1.00 bits per heavy atom. The van der Waals surface area contributed by atoms with Gasteiger partial charge >= 0.3 is 5.97 Å². The molecule has 0 spiro atoms. The van der Waals surface area contributed by atoms with Crippen molar-refractivity contribution in [1.29, 1.82) is 0 Å². The van der Waals surface area contributed by atoms with Crippen LogP contribution in [0, 0.1) is 5.92 Å². The van der Waals surface area contributed by atoms with Crippen molar-refractivity contribution < 1.29 is 19.4 Å². The first kappa shape index (κ1) is 15.7. The molecule has 0 saturated carbocycles.